The Bertz CT molecular complexity index is 1470. The van der Waals surface area contributed by atoms with Gasteiger partial charge in [0, 0.05) is 56.7 Å². The van der Waals surface area contributed by atoms with Crippen LogP contribution in [0.15, 0.2) is 40.1 Å². The van der Waals surface area contributed by atoms with Crippen LogP contribution < -0.4 is 4.74 Å². The monoisotopic (exact) mass is 607 g/mol. The van der Waals surface area contributed by atoms with E-state index in [4.69, 9.17) is 32.4 Å². The number of carbonyl (C=O) groups is 1. The summed E-state index contributed by atoms with van der Waals surface area (Å²) < 4.78 is 39.9. The van der Waals surface area contributed by atoms with Crippen molar-refractivity contribution in [1.82, 2.24) is 24.1 Å². The fraction of sp³-hybridized carbons (Fsp3) is 0.444. The normalized spacial score (nSPS) is 16.5. The minimum atomic E-state index is -3.84. The van der Waals surface area contributed by atoms with Gasteiger partial charge in [-0.1, -0.05) is 23.2 Å². The van der Waals surface area contributed by atoms with Gasteiger partial charge in [0.15, 0.2) is 5.69 Å². The van der Waals surface area contributed by atoms with E-state index in [9.17, 15) is 13.2 Å². The van der Waals surface area contributed by atoms with E-state index >= 15 is 0 Å². The zero-order valence-corrected chi connectivity index (χ0v) is 24.9. The summed E-state index contributed by atoms with van der Waals surface area (Å²) in [5, 5.41) is 1.03. The van der Waals surface area contributed by atoms with Crippen LogP contribution in [0.4, 0.5) is 0 Å². The first kappa shape index (κ1) is 28.8. The number of aryl methyl sites for hydroxylation is 2. The summed E-state index contributed by atoms with van der Waals surface area (Å²) in [5.74, 6) is 0.536. The molecule has 1 saturated carbocycles. The molecule has 0 N–H and O–H groups in total. The second-order valence-corrected chi connectivity index (χ2v) is 12.8. The van der Waals surface area contributed by atoms with E-state index in [0.29, 0.717) is 59.6 Å². The molecule has 2 aromatic heterocycles. The van der Waals surface area contributed by atoms with Crippen LogP contribution in [0, 0.1) is 13.8 Å². The van der Waals surface area contributed by atoms with Crippen molar-refractivity contribution in [1.29, 1.82) is 0 Å². The second-order valence-electron chi connectivity index (χ2n) is 10.1. The number of sulfonamides is 1. The molecule has 5 rings (SSSR count). The molecule has 2 aliphatic rings. The number of nitrogens with zero attached hydrogens (tertiary/aromatic N) is 5. The van der Waals surface area contributed by atoms with Gasteiger partial charge in [-0.3, -0.25) is 14.7 Å². The molecule has 214 valence electrons. The molecule has 40 heavy (non-hydrogen) atoms. The summed E-state index contributed by atoms with van der Waals surface area (Å²) >= 11 is 12.5. The van der Waals surface area contributed by atoms with Gasteiger partial charge in [-0.2, -0.15) is 4.31 Å². The maximum absolute atomic E-state index is 13.8. The molecule has 1 aliphatic carbocycles. The lowest BCUT2D eigenvalue weighted by molar-refractivity contribution is 0.0622. The van der Waals surface area contributed by atoms with Gasteiger partial charge in [0.1, 0.15) is 12.0 Å². The first-order valence-corrected chi connectivity index (χ1v) is 15.2. The molecular weight excluding hydrogens is 577 g/mol. The minimum Gasteiger partial charge on any atom is -0.497 e. The average molecular weight is 609 g/mol. The van der Waals surface area contributed by atoms with Crippen LogP contribution in [0.1, 0.15) is 45.9 Å². The third-order valence-electron chi connectivity index (χ3n) is 7.25. The average Bonchev–Trinajstić information content (AvgIpc) is 3.65. The number of hydrogen-bond donors (Lipinski definition) is 0. The Balaban J connectivity index is 1.25. The van der Waals surface area contributed by atoms with Gasteiger partial charge in [0.05, 0.1) is 28.6 Å². The Morgan fingerprint density at radius 1 is 1.10 bits per heavy atom. The number of carbonyl (C=O) groups excluding carboxylic acids is 1. The minimum absolute atomic E-state index is 0.0492. The maximum Gasteiger partial charge on any atom is 0.275 e. The third-order valence-corrected chi connectivity index (χ3v) is 10.1. The lowest BCUT2D eigenvalue weighted by atomic mass is 10.1. The number of piperazine rings is 1. The largest absolute Gasteiger partial charge is 0.497 e. The topological polar surface area (TPSA) is 109 Å². The molecule has 10 nitrogen and oxygen atoms in total. The van der Waals surface area contributed by atoms with Crippen molar-refractivity contribution < 1.29 is 22.4 Å². The smallest absolute Gasteiger partial charge is 0.275 e. The summed E-state index contributed by atoms with van der Waals surface area (Å²) in [4.78, 5) is 25.7. The SMILES string of the molecule is COc1cc(C)c(S(=O)(=O)N(Cc2nc(C(=O)N3CCN(Cc4c(Cl)cncc4Cl)CC3)co2)C2CC2)c(C)c1. The lowest BCUT2D eigenvalue weighted by Crippen LogP contribution is -2.48. The molecule has 2 fully saturated rings. The van der Waals surface area contributed by atoms with Crippen molar-refractivity contribution >= 4 is 39.1 Å². The van der Waals surface area contributed by atoms with E-state index < -0.39 is 10.0 Å². The first-order chi connectivity index (χ1) is 19.1. The fourth-order valence-corrected chi connectivity index (χ4v) is 7.56. The highest BCUT2D eigenvalue weighted by atomic mass is 35.5. The van der Waals surface area contributed by atoms with Crippen LogP contribution in [-0.4, -0.2) is 77.7 Å². The molecule has 1 saturated heterocycles. The van der Waals surface area contributed by atoms with Crippen molar-refractivity contribution in [2.45, 2.75) is 50.7 Å². The standard InChI is InChI=1S/C27H31Cl2N5O5S/c1-17-10-20(38-3)11-18(2)26(17)40(36,37)34(19-4-5-19)15-25-31-24(16-39-25)27(35)33-8-6-32(7-9-33)14-21-22(28)12-30-13-23(21)29/h10-13,16,19H,4-9,14-15H2,1-3H3. The van der Waals surface area contributed by atoms with E-state index in [-0.39, 0.29) is 35.0 Å². The number of amides is 1. The zero-order chi connectivity index (χ0) is 28.6. The number of ether oxygens (including phenoxy) is 1. The van der Waals surface area contributed by atoms with Gasteiger partial charge < -0.3 is 14.1 Å². The lowest BCUT2D eigenvalue weighted by Gasteiger charge is -2.34. The summed E-state index contributed by atoms with van der Waals surface area (Å²) in [7, 11) is -2.29. The quantitative estimate of drug-likeness (QED) is 0.354. The third kappa shape index (κ3) is 5.99. The number of pyridine rings is 1. The highest BCUT2D eigenvalue weighted by Gasteiger charge is 2.40. The van der Waals surface area contributed by atoms with Gasteiger partial charge in [0.2, 0.25) is 15.9 Å². The Kier molecular flexibility index (Phi) is 8.40. The summed E-state index contributed by atoms with van der Waals surface area (Å²) in [6.45, 7) is 6.31. The molecule has 0 radical (unpaired) electrons. The van der Waals surface area contributed by atoms with E-state index in [0.717, 1.165) is 18.4 Å². The van der Waals surface area contributed by atoms with Crippen LogP contribution in [0.3, 0.4) is 0 Å². The van der Waals surface area contributed by atoms with Crippen LogP contribution in [-0.2, 0) is 23.1 Å². The van der Waals surface area contributed by atoms with Crippen molar-refractivity contribution in [3.8, 4) is 5.75 Å². The molecule has 3 aromatic rings. The predicted octanol–water partition coefficient (Wildman–Crippen LogP) is 4.31. The number of benzene rings is 1. The van der Waals surface area contributed by atoms with Crippen molar-refractivity contribution in [2.75, 3.05) is 33.3 Å². The number of aromatic nitrogens is 2. The molecular formula is C27H31Cl2N5O5S. The van der Waals surface area contributed by atoms with Gasteiger partial charge in [-0.25, -0.2) is 13.4 Å². The molecule has 1 aliphatic heterocycles. The zero-order valence-electron chi connectivity index (χ0n) is 22.6. The van der Waals surface area contributed by atoms with E-state index in [1.807, 2.05) is 0 Å². The molecule has 0 unspecified atom stereocenters. The Morgan fingerprint density at radius 2 is 1.73 bits per heavy atom. The number of methoxy groups -OCH3 is 1. The van der Waals surface area contributed by atoms with Gasteiger partial charge in [0.25, 0.3) is 5.91 Å². The van der Waals surface area contributed by atoms with Crippen molar-refractivity contribution in [3.63, 3.8) is 0 Å². The number of hydrogen-bond acceptors (Lipinski definition) is 8. The highest BCUT2D eigenvalue weighted by molar-refractivity contribution is 7.89. The van der Waals surface area contributed by atoms with Gasteiger partial charge >= 0.3 is 0 Å². The Morgan fingerprint density at radius 3 is 2.30 bits per heavy atom. The van der Waals surface area contributed by atoms with Crippen LogP contribution in [0.5, 0.6) is 5.75 Å². The Hall–Kier alpha value is -2.70. The van der Waals surface area contributed by atoms with Crippen LogP contribution >= 0.6 is 23.2 Å². The summed E-state index contributed by atoms with van der Waals surface area (Å²) in [6.07, 6.45) is 5.97. The van der Waals surface area contributed by atoms with Crippen LogP contribution in [0.25, 0.3) is 0 Å². The first-order valence-electron chi connectivity index (χ1n) is 13.0. The van der Waals surface area contributed by atoms with Crippen LogP contribution in [0.2, 0.25) is 10.0 Å². The number of oxazole rings is 1. The van der Waals surface area contributed by atoms with E-state index in [2.05, 4.69) is 14.9 Å². The Labute approximate surface area is 243 Å². The highest BCUT2D eigenvalue weighted by Crippen LogP contribution is 2.36. The van der Waals surface area contributed by atoms with Crippen molar-refractivity contribution in [2.24, 2.45) is 0 Å². The van der Waals surface area contributed by atoms with E-state index in [1.165, 1.54) is 10.6 Å². The molecule has 0 spiro atoms. The molecule has 0 bridgehead atoms. The second kappa shape index (κ2) is 11.7. The van der Waals surface area contributed by atoms with E-state index in [1.54, 1.807) is 50.4 Å². The molecule has 1 aromatic carbocycles. The molecule has 13 heteroatoms. The summed E-state index contributed by atoms with van der Waals surface area (Å²) in [6, 6.07) is 3.30. The number of halogens is 2. The fourth-order valence-electron chi connectivity index (χ4n) is 5.02. The van der Waals surface area contributed by atoms with Gasteiger partial charge in [-0.15, -0.1) is 0 Å². The van der Waals surface area contributed by atoms with Gasteiger partial charge in [-0.05, 0) is 49.9 Å². The summed E-state index contributed by atoms with van der Waals surface area (Å²) in [5.41, 5.74) is 2.19. The predicted molar refractivity (Wildman–Crippen MR) is 150 cm³/mol. The number of rotatable bonds is 9. The maximum atomic E-state index is 13.8. The molecule has 0 atom stereocenters. The molecule has 1 amide bonds. The van der Waals surface area contributed by atoms with Crippen molar-refractivity contribution in [3.05, 3.63) is 69.1 Å². The molecule has 3 heterocycles.